The van der Waals surface area contributed by atoms with Crippen molar-refractivity contribution in [3.05, 3.63) is 0 Å². The molecule has 0 rings (SSSR count). The molecule has 0 saturated heterocycles. The predicted molar refractivity (Wildman–Crippen MR) is 36.8 cm³/mol. The Morgan fingerprint density at radius 3 is 2.50 bits per heavy atom. The lowest BCUT2D eigenvalue weighted by Crippen LogP contribution is -2.12. The highest BCUT2D eigenvalue weighted by Crippen LogP contribution is 1.78. The van der Waals surface area contributed by atoms with Crippen LogP contribution in [0.25, 0.3) is 0 Å². The van der Waals surface area contributed by atoms with Crippen molar-refractivity contribution >= 4 is 23.5 Å². The summed E-state index contributed by atoms with van der Waals surface area (Å²) in [5, 5.41) is 0. The Bertz CT molecular complexity index is 104. The molecule has 5 heteroatoms. The van der Waals surface area contributed by atoms with Crippen LogP contribution in [0.1, 0.15) is 6.42 Å². The van der Waals surface area contributed by atoms with Gasteiger partial charge in [0.05, 0.1) is 0 Å². The lowest BCUT2D eigenvalue weighted by Gasteiger charge is -1.89. The SMILES string of the molecule is O=[SH](=O)NCCCS. The third-order valence-electron chi connectivity index (χ3n) is 0.576. The highest BCUT2D eigenvalue weighted by atomic mass is 32.2. The maximum Gasteiger partial charge on any atom is 0.201 e. The zero-order valence-electron chi connectivity index (χ0n) is 4.33. The van der Waals surface area contributed by atoms with Gasteiger partial charge in [-0.1, -0.05) is 0 Å². The second-order valence-electron chi connectivity index (χ2n) is 1.24. The normalized spacial score (nSPS) is 10.2. The molecule has 0 bridgehead atoms. The van der Waals surface area contributed by atoms with E-state index in [9.17, 15) is 8.42 Å². The lowest BCUT2D eigenvalue weighted by atomic mass is 10.5. The molecule has 0 unspecified atom stereocenters. The maximum absolute atomic E-state index is 9.78. The molecule has 0 fully saturated rings. The van der Waals surface area contributed by atoms with Gasteiger partial charge in [-0.3, -0.25) is 0 Å². The zero-order valence-corrected chi connectivity index (χ0v) is 6.12. The summed E-state index contributed by atoms with van der Waals surface area (Å²) in [7, 11) is -2.40. The van der Waals surface area contributed by atoms with Crippen LogP contribution in [0, 0.1) is 0 Å². The predicted octanol–water partition coefficient (Wildman–Crippen LogP) is -0.578. The maximum atomic E-state index is 9.78. The van der Waals surface area contributed by atoms with Crippen molar-refractivity contribution in [2.75, 3.05) is 12.3 Å². The van der Waals surface area contributed by atoms with Crippen LogP contribution in [0.5, 0.6) is 0 Å². The van der Waals surface area contributed by atoms with Gasteiger partial charge in [0.25, 0.3) is 0 Å². The molecule has 0 aromatic heterocycles. The summed E-state index contributed by atoms with van der Waals surface area (Å²) >= 11 is 3.89. The number of rotatable bonds is 4. The zero-order chi connectivity index (χ0) is 6.41. The summed E-state index contributed by atoms with van der Waals surface area (Å²) < 4.78 is 21.8. The van der Waals surface area contributed by atoms with Crippen molar-refractivity contribution in [2.45, 2.75) is 6.42 Å². The molecule has 0 amide bonds. The molecule has 0 saturated carbocycles. The fourth-order valence-corrected chi connectivity index (χ4v) is 0.748. The molecule has 0 heterocycles. The quantitative estimate of drug-likeness (QED) is 0.376. The average Bonchev–Trinajstić information content (AvgIpc) is 1.66. The molecule has 0 aliphatic rings. The molecule has 0 aromatic rings. The third kappa shape index (κ3) is 6.26. The van der Waals surface area contributed by atoms with Crippen molar-refractivity contribution in [3.8, 4) is 0 Å². The minimum Gasteiger partial charge on any atom is -0.218 e. The van der Waals surface area contributed by atoms with Gasteiger partial charge in [0.2, 0.25) is 10.9 Å². The van der Waals surface area contributed by atoms with E-state index in [-0.39, 0.29) is 0 Å². The minimum atomic E-state index is -2.40. The summed E-state index contributed by atoms with van der Waals surface area (Å²) in [6.07, 6.45) is 0.784. The number of hydrogen-bond donors (Lipinski definition) is 3. The Kier molecular flexibility index (Phi) is 5.57. The van der Waals surface area contributed by atoms with E-state index in [2.05, 4.69) is 17.4 Å². The van der Waals surface area contributed by atoms with E-state index in [1.54, 1.807) is 0 Å². The van der Waals surface area contributed by atoms with Gasteiger partial charge in [0, 0.05) is 6.54 Å². The van der Waals surface area contributed by atoms with Crippen molar-refractivity contribution in [1.29, 1.82) is 0 Å². The van der Waals surface area contributed by atoms with E-state index >= 15 is 0 Å². The second-order valence-corrected chi connectivity index (χ2v) is 2.52. The summed E-state index contributed by atoms with van der Waals surface area (Å²) in [6, 6.07) is 0. The summed E-state index contributed by atoms with van der Waals surface area (Å²) in [5.74, 6) is 0.718. The fourth-order valence-electron chi connectivity index (χ4n) is 0.249. The first-order chi connectivity index (χ1) is 3.77. The van der Waals surface area contributed by atoms with E-state index in [4.69, 9.17) is 0 Å². The number of thiol groups is 2. The Labute approximate surface area is 56.0 Å². The smallest absolute Gasteiger partial charge is 0.201 e. The van der Waals surface area contributed by atoms with Crippen LogP contribution >= 0.6 is 12.6 Å². The van der Waals surface area contributed by atoms with Gasteiger partial charge in [-0.05, 0) is 12.2 Å². The Morgan fingerprint density at radius 1 is 1.50 bits per heavy atom. The summed E-state index contributed by atoms with van der Waals surface area (Å²) in [4.78, 5) is 0. The Hall–Kier alpha value is 0.260. The van der Waals surface area contributed by atoms with Gasteiger partial charge >= 0.3 is 0 Å². The van der Waals surface area contributed by atoms with Gasteiger partial charge in [-0.25, -0.2) is 13.1 Å². The molecule has 50 valence electrons. The molecular formula is C3H9NO2S2. The summed E-state index contributed by atoms with van der Waals surface area (Å²) in [5.41, 5.74) is 0. The van der Waals surface area contributed by atoms with E-state index in [0.29, 0.717) is 6.54 Å². The molecule has 8 heavy (non-hydrogen) atoms. The first kappa shape index (κ1) is 8.26. The van der Waals surface area contributed by atoms with Gasteiger partial charge in [-0.15, -0.1) is 0 Å². The minimum absolute atomic E-state index is 0.502. The Morgan fingerprint density at radius 2 is 2.12 bits per heavy atom. The highest BCUT2D eigenvalue weighted by molar-refractivity contribution is 7.80. The van der Waals surface area contributed by atoms with Gasteiger partial charge in [0.1, 0.15) is 0 Å². The highest BCUT2D eigenvalue weighted by Gasteiger charge is 1.82. The second kappa shape index (κ2) is 5.40. The van der Waals surface area contributed by atoms with E-state index in [0.717, 1.165) is 12.2 Å². The molecule has 0 atom stereocenters. The fraction of sp³-hybridized carbons (Fsp3) is 1.00. The number of nitrogens with one attached hydrogen (secondary N) is 1. The molecule has 0 aromatic carbocycles. The van der Waals surface area contributed by atoms with Crippen molar-refractivity contribution in [2.24, 2.45) is 0 Å². The molecule has 1 N–H and O–H groups in total. The molecule has 0 aliphatic heterocycles. The molecule has 0 radical (unpaired) electrons. The van der Waals surface area contributed by atoms with Gasteiger partial charge < -0.3 is 0 Å². The topological polar surface area (TPSA) is 46.2 Å². The van der Waals surface area contributed by atoms with Crippen LogP contribution in [-0.2, 0) is 10.9 Å². The lowest BCUT2D eigenvalue weighted by molar-refractivity contribution is 0.601. The molecule has 0 spiro atoms. The van der Waals surface area contributed by atoms with Crippen LogP contribution in [0.15, 0.2) is 0 Å². The standard InChI is InChI=1S/C3H9NO2S2/c5-8(6)4-2-1-3-7/h7-8H,1-3H2,(H,4,5,6). The van der Waals surface area contributed by atoms with Crippen LogP contribution in [0.2, 0.25) is 0 Å². The van der Waals surface area contributed by atoms with Gasteiger partial charge in [-0.2, -0.15) is 12.6 Å². The van der Waals surface area contributed by atoms with Crippen LogP contribution in [-0.4, -0.2) is 20.7 Å². The first-order valence-corrected chi connectivity index (χ1v) is 4.07. The van der Waals surface area contributed by atoms with Crippen LogP contribution in [0.3, 0.4) is 0 Å². The van der Waals surface area contributed by atoms with E-state index in [1.807, 2.05) is 0 Å². The van der Waals surface area contributed by atoms with E-state index in [1.165, 1.54) is 0 Å². The largest absolute Gasteiger partial charge is 0.218 e. The van der Waals surface area contributed by atoms with Crippen molar-refractivity contribution in [1.82, 2.24) is 4.72 Å². The third-order valence-corrected chi connectivity index (χ3v) is 1.37. The molecular weight excluding hydrogens is 146 g/mol. The molecule has 3 nitrogen and oxygen atoms in total. The van der Waals surface area contributed by atoms with Crippen molar-refractivity contribution in [3.63, 3.8) is 0 Å². The van der Waals surface area contributed by atoms with Crippen molar-refractivity contribution < 1.29 is 8.42 Å². The average molecular weight is 155 g/mol. The number of hydrogen-bond acceptors (Lipinski definition) is 3. The summed E-state index contributed by atoms with van der Waals surface area (Å²) in [6.45, 7) is 0.502. The van der Waals surface area contributed by atoms with E-state index < -0.39 is 10.9 Å². The van der Waals surface area contributed by atoms with Gasteiger partial charge in [0.15, 0.2) is 0 Å². The Balaban J connectivity index is 2.94. The first-order valence-electron chi connectivity index (χ1n) is 2.26. The van der Waals surface area contributed by atoms with Crippen LogP contribution in [0.4, 0.5) is 0 Å². The monoisotopic (exact) mass is 155 g/mol. The van der Waals surface area contributed by atoms with Crippen LogP contribution < -0.4 is 4.72 Å². The molecule has 0 aliphatic carbocycles.